The van der Waals surface area contributed by atoms with Crippen LogP contribution in [0.5, 0.6) is 11.5 Å². The topological polar surface area (TPSA) is 24.9 Å². The number of hydrogen-bond donors (Lipinski definition) is 0. The van der Waals surface area contributed by atoms with E-state index in [2.05, 4.69) is 33.4 Å². The van der Waals surface area contributed by atoms with Crippen LogP contribution < -0.4 is 9.47 Å². The number of thiophene rings is 1. The fourth-order valence-electron chi connectivity index (χ4n) is 3.94. The minimum Gasteiger partial charge on any atom is -0.493 e. The van der Waals surface area contributed by atoms with E-state index in [1.54, 1.807) is 7.11 Å². The van der Waals surface area contributed by atoms with Gasteiger partial charge in [-0.1, -0.05) is 12.1 Å². The van der Waals surface area contributed by atoms with E-state index >= 15 is 0 Å². The van der Waals surface area contributed by atoms with Crippen LogP contribution in [0.3, 0.4) is 0 Å². The van der Waals surface area contributed by atoms with Crippen molar-refractivity contribution < 1.29 is 9.47 Å². The van der Waals surface area contributed by atoms with Crippen LogP contribution in [0.2, 0.25) is 0 Å². The molecule has 5 heteroatoms. The van der Waals surface area contributed by atoms with E-state index in [1.807, 2.05) is 17.4 Å². The van der Waals surface area contributed by atoms with Crippen LogP contribution >= 0.6 is 11.3 Å². The van der Waals surface area contributed by atoms with Crippen LogP contribution in [0.4, 0.5) is 0 Å². The normalized spacial score (nSPS) is 18.8. The van der Waals surface area contributed by atoms with Gasteiger partial charge >= 0.3 is 0 Å². The van der Waals surface area contributed by atoms with Gasteiger partial charge in [0.05, 0.1) is 13.7 Å². The Balaban J connectivity index is 1.43. The Morgan fingerprint density at radius 3 is 2.77 bits per heavy atom. The van der Waals surface area contributed by atoms with Gasteiger partial charge in [0.1, 0.15) is 0 Å². The van der Waals surface area contributed by atoms with E-state index in [1.165, 1.54) is 41.9 Å². The van der Waals surface area contributed by atoms with Gasteiger partial charge in [-0.15, -0.1) is 11.3 Å². The second-order valence-corrected chi connectivity index (χ2v) is 8.26. The maximum atomic E-state index is 5.97. The van der Waals surface area contributed by atoms with Gasteiger partial charge in [-0.05, 0) is 55.4 Å². The van der Waals surface area contributed by atoms with Crippen molar-refractivity contribution in [3.63, 3.8) is 0 Å². The largest absolute Gasteiger partial charge is 0.493 e. The first-order valence-corrected chi connectivity index (χ1v) is 10.5. The molecule has 2 aromatic rings. The third-order valence-electron chi connectivity index (χ3n) is 5.23. The lowest BCUT2D eigenvalue weighted by Crippen LogP contribution is -2.27. The van der Waals surface area contributed by atoms with E-state index in [-0.39, 0.29) is 0 Å². The molecule has 1 saturated heterocycles. The van der Waals surface area contributed by atoms with Crippen molar-refractivity contribution in [3.8, 4) is 11.5 Å². The summed E-state index contributed by atoms with van der Waals surface area (Å²) in [6, 6.07) is 8.60. The first-order valence-electron chi connectivity index (χ1n) is 9.61. The average Bonchev–Trinajstić information content (AvgIpc) is 3.29. The predicted molar refractivity (Wildman–Crippen MR) is 106 cm³/mol. The van der Waals surface area contributed by atoms with Gasteiger partial charge < -0.3 is 9.47 Å². The number of para-hydroxylation sites is 1. The highest BCUT2D eigenvalue weighted by Gasteiger charge is 2.18. The van der Waals surface area contributed by atoms with Gasteiger partial charge in [0.2, 0.25) is 0 Å². The lowest BCUT2D eigenvalue weighted by Gasteiger charge is -2.26. The molecule has 4 rings (SSSR count). The molecule has 3 heterocycles. The lowest BCUT2D eigenvalue weighted by atomic mass is 10.1. The monoisotopic (exact) mass is 372 g/mol. The zero-order chi connectivity index (χ0) is 17.8. The molecule has 0 aliphatic carbocycles. The molecule has 2 aliphatic rings. The van der Waals surface area contributed by atoms with Crippen molar-refractivity contribution in [2.75, 3.05) is 33.4 Å². The number of nitrogens with zero attached hydrogens (tertiary/aromatic N) is 2. The molecule has 0 bridgehead atoms. The minimum absolute atomic E-state index is 0.745. The molecule has 1 aromatic carbocycles. The average molecular weight is 373 g/mol. The fourth-order valence-corrected chi connectivity index (χ4v) is 4.86. The van der Waals surface area contributed by atoms with Crippen LogP contribution in [0.15, 0.2) is 29.6 Å². The first-order chi connectivity index (χ1) is 12.8. The van der Waals surface area contributed by atoms with Crippen molar-refractivity contribution in [3.05, 3.63) is 45.6 Å². The number of fused-ring (bicyclic) bond motifs is 1. The van der Waals surface area contributed by atoms with Gasteiger partial charge in [-0.25, -0.2) is 0 Å². The SMILES string of the molecule is COc1cccc2c1OCCCN(Cc1cc(CN3CCCC3)cs1)C2. The number of rotatable bonds is 5. The Bertz CT molecular complexity index is 725. The third kappa shape index (κ3) is 4.22. The summed E-state index contributed by atoms with van der Waals surface area (Å²) in [7, 11) is 1.71. The van der Waals surface area contributed by atoms with E-state index in [0.717, 1.165) is 50.7 Å². The summed E-state index contributed by atoms with van der Waals surface area (Å²) in [4.78, 5) is 6.57. The number of benzene rings is 1. The number of likely N-dealkylation sites (tertiary alicyclic amines) is 1. The molecule has 2 aliphatic heterocycles. The standard InChI is InChI=1S/C21H28N2O2S/c1-24-20-7-4-6-18-14-23(10-5-11-25-21(18)20)15-19-12-17(16-26-19)13-22-8-2-3-9-22/h4,6-7,12,16H,2-3,5,8-11,13-15H2,1H3. The molecule has 0 spiro atoms. The summed E-state index contributed by atoms with van der Waals surface area (Å²) in [5, 5.41) is 2.35. The molecule has 0 saturated carbocycles. The number of methoxy groups -OCH3 is 1. The van der Waals surface area contributed by atoms with Gasteiger partial charge in [-0.2, -0.15) is 0 Å². The summed E-state index contributed by atoms with van der Waals surface area (Å²) < 4.78 is 11.5. The zero-order valence-electron chi connectivity index (χ0n) is 15.6. The third-order valence-corrected chi connectivity index (χ3v) is 6.20. The van der Waals surface area contributed by atoms with Crippen LogP contribution in [-0.4, -0.2) is 43.2 Å². The Labute approximate surface area is 160 Å². The maximum absolute atomic E-state index is 5.97. The van der Waals surface area contributed by atoms with Crippen LogP contribution in [0.25, 0.3) is 0 Å². The Morgan fingerprint density at radius 2 is 1.92 bits per heavy atom. The molecule has 4 nitrogen and oxygen atoms in total. The minimum atomic E-state index is 0.745. The van der Waals surface area contributed by atoms with Gasteiger partial charge in [-0.3, -0.25) is 9.80 Å². The molecule has 1 aromatic heterocycles. The molecule has 0 unspecified atom stereocenters. The van der Waals surface area contributed by atoms with Crippen LogP contribution in [0.1, 0.15) is 35.3 Å². The first kappa shape index (κ1) is 17.8. The highest BCUT2D eigenvalue weighted by atomic mass is 32.1. The second-order valence-electron chi connectivity index (χ2n) is 7.27. The smallest absolute Gasteiger partial charge is 0.165 e. The summed E-state index contributed by atoms with van der Waals surface area (Å²) in [5.41, 5.74) is 2.70. The van der Waals surface area contributed by atoms with Crippen LogP contribution in [-0.2, 0) is 19.6 Å². The summed E-state index contributed by atoms with van der Waals surface area (Å²) in [6.07, 6.45) is 3.76. The van der Waals surface area contributed by atoms with Gasteiger partial charge in [0.25, 0.3) is 0 Å². The zero-order valence-corrected chi connectivity index (χ0v) is 16.4. The molecule has 140 valence electrons. The van der Waals surface area contributed by atoms with Gasteiger partial charge in [0.15, 0.2) is 11.5 Å². The molecular weight excluding hydrogens is 344 g/mol. The van der Waals surface area contributed by atoms with Crippen molar-refractivity contribution in [2.45, 2.75) is 38.9 Å². The highest BCUT2D eigenvalue weighted by Crippen LogP contribution is 2.33. The molecule has 26 heavy (non-hydrogen) atoms. The van der Waals surface area contributed by atoms with E-state index < -0.39 is 0 Å². The van der Waals surface area contributed by atoms with E-state index in [9.17, 15) is 0 Å². The molecule has 0 radical (unpaired) electrons. The molecular formula is C21H28N2O2S. The Kier molecular flexibility index (Phi) is 5.78. The highest BCUT2D eigenvalue weighted by molar-refractivity contribution is 7.10. The van der Waals surface area contributed by atoms with E-state index in [4.69, 9.17) is 9.47 Å². The van der Waals surface area contributed by atoms with Crippen molar-refractivity contribution in [2.24, 2.45) is 0 Å². The van der Waals surface area contributed by atoms with Crippen LogP contribution in [0, 0.1) is 0 Å². The fraction of sp³-hybridized carbons (Fsp3) is 0.524. The Hall–Kier alpha value is -1.56. The molecule has 0 atom stereocenters. The maximum Gasteiger partial charge on any atom is 0.165 e. The van der Waals surface area contributed by atoms with Crippen molar-refractivity contribution in [1.82, 2.24) is 9.80 Å². The van der Waals surface area contributed by atoms with Crippen molar-refractivity contribution in [1.29, 1.82) is 0 Å². The summed E-state index contributed by atoms with van der Waals surface area (Å²) in [5.74, 6) is 1.76. The lowest BCUT2D eigenvalue weighted by molar-refractivity contribution is 0.196. The number of ether oxygens (including phenoxy) is 2. The number of hydrogen-bond acceptors (Lipinski definition) is 5. The summed E-state index contributed by atoms with van der Waals surface area (Å²) in [6.45, 7) is 7.37. The van der Waals surface area contributed by atoms with E-state index in [0.29, 0.717) is 0 Å². The molecule has 1 fully saturated rings. The second kappa shape index (κ2) is 8.42. The molecule has 0 N–H and O–H groups in total. The van der Waals surface area contributed by atoms with Gasteiger partial charge in [0, 0.05) is 36.6 Å². The summed E-state index contributed by atoms with van der Waals surface area (Å²) >= 11 is 1.90. The van der Waals surface area contributed by atoms with Crippen molar-refractivity contribution >= 4 is 11.3 Å². The Morgan fingerprint density at radius 1 is 1.08 bits per heavy atom. The quantitative estimate of drug-likeness (QED) is 0.788. The predicted octanol–water partition coefficient (Wildman–Crippen LogP) is 4.14. The molecule has 0 amide bonds.